The predicted octanol–water partition coefficient (Wildman–Crippen LogP) is 4.20. The van der Waals surface area contributed by atoms with Gasteiger partial charge >= 0.3 is 0 Å². The van der Waals surface area contributed by atoms with E-state index in [0.717, 1.165) is 11.1 Å². The molecule has 0 bridgehead atoms. The molecule has 2 amide bonds. The lowest BCUT2D eigenvalue weighted by Gasteiger charge is -2.34. The highest BCUT2D eigenvalue weighted by Crippen LogP contribution is 2.37. The number of ether oxygens (including phenoxy) is 1. The minimum atomic E-state index is -3.71. The van der Waals surface area contributed by atoms with E-state index in [0.29, 0.717) is 48.6 Å². The summed E-state index contributed by atoms with van der Waals surface area (Å²) in [6.45, 7) is 0.805. The lowest BCUT2D eigenvalue weighted by atomic mass is 10.1. The molecule has 1 unspecified atom stereocenters. The Morgan fingerprint density at radius 1 is 0.854 bits per heavy atom. The molecule has 4 aromatic carbocycles. The molecule has 0 saturated carbocycles. The van der Waals surface area contributed by atoms with E-state index < -0.39 is 16.1 Å². The molecular formula is C32H29N3O5S. The second-order valence-electron chi connectivity index (χ2n) is 10.0. The Bertz CT molecular complexity index is 1690. The molecule has 9 heteroatoms. The van der Waals surface area contributed by atoms with Gasteiger partial charge in [-0.05, 0) is 66.4 Å². The SMILES string of the molecule is O=C(NCCc1ccccc1)C1CN(C(=O)c2ccc3c(c2)CCN3S(=O)(=O)c2ccccc2)c2ccccc2O1. The van der Waals surface area contributed by atoms with Crippen LogP contribution >= 0.6 is 0 Å². The summed E-state index contributed by atoms with van der Waals surface area (Å²) in [5.41, 5.74) is 3.48. The molecule has 208 valence electrons. The number of nitrogens with one attached hydrogen (secondary N) is 1. The first kappa shape index (κ1) is 26.6. The van der Waals surface area contributed by atoms with E-state index in [1.165, 1.54) is 4.31 Å². The van der Waals surface area contributed by atoms with Crippen molar-refractivity contribution in [3.05, 3.63) is 120 Å². The maximum absolute atomic E-state index is 13.8. The van der Waals surface area contributed by atoms with Crippen molar-refractivity contribution in [2.45, 2.75) is 23.8 Å². The monoisotopic (exact) mass is 567 g/mol. The van der Waals surface area contributed by atoms with Crippen LogP contribution in [0.2, 0.25) is 0 Å². The van der Waals surface area contributed by atoms with Crippen molar-refractivity contribution in [3.63, 3.8) is 0 Å². The maximum atomic E-state index is 13.8. The second kappa shape index (κ2) is 11.1. The number of sulfonamides is 1. The first-order valence-electron chi connectivity index (χ1n) is 13.5. The fourth-order valence-electron chi connectivity index (χ4n) is 5.28. The minimum Gasteiger partial charge on any atom is -0.477 e. The average Bonchev–Trinajstić information content (AvgIpc) is 3.45. The first-order valence-corrected chi connectivity index (χ1v) is 15.0. The van der Waals surface area contributed by atoms with Gasteiger partial charge in [0.25, 0.3) is 21.8 Å². The Labute approximate surface area is 239 Å². The van der Waals surface area contributed by atoms with Crippen LogP contribution in [0.1, 0.15) is 21.5 Å². The van der Waals surface area contributed by atoms with Crippen LogP contribution in [0.3, 0.4) is 0 Å². The van der Waals surface area contributed by atoms with Crippen molar-refractivity contribution in [1.82, 2.24) is 5.32 Å². The van der Waals surface area contributed by atoms with Gasteiger partial charge in [-0.3, -0.25) is 13.9 Å². The number of benzene rings is 4. The number of hydrogen-bond acceptors (Lipinski definition) is 5. The van der Waals surface area contributed by atoms with Crippen molar-refractivity contribution < 1.29 is 22.7 Å². The van der Waals surface area contributed by atoms with Gasteiger partial charge in [-0.1, -0.05) is 60.7 Å². The summed E-state index contributed by atoms with van der Waals surface area (Å²) < 4.78 is 33.9. The molecule has 1 N–H and O–H groups in total. The van der Waals surface area contributed by atoms with Crippen LogP contribution in [-0.2, 0) is 27.7 Å². The molecule has 41 heavy (non-hydrogen) atoms. The first-order chi connectivity index (χ1) is 19.9. The van der Waals surface area contributed by atoms with E-state index in [1.807, 2.05) is 36.4 Å². The number of hydrogen-bond donors (Lipinski definition) is 1. The molecule has 2 aliphatic heterocycles. The van der Waals surface area contributed by atoms with E-state index >= 15 is 0 Å². The summed E-state index contributed by atoms with van der Waals surface area (Å²) in [7, 11) is -3.71. The fraction of sp³-hybridized carbons (Fsp3) is 0.188. The Morgan fingerprint density at radius 3 is 2.34 bits per heavy atom. The predicted molar refractivity (Wildman–Crippen MR) is 157 cm³/mol. The zero-order chi connectivity index (χ0) is 28.4. The zero-order valence-electron chi connectivity index (χ0n) is 22.3. The van der Waals surface area contributed by atoms with E-state index in [9.17, 15) is 18.0 Å². The van der Waals surface area contributed by atoms with Gasteiger partial charge in [0.1, 0.15) is 5.75 Å². The third-order valence-electron chi connectivity index (χ3n) is 7.38. The Balaban J connectivity index is 1.21. The number of amides is 2. The molecule has 0 aromatic heterocycles. The van der Waals surface area contributed by atoms with Gasteiger partial charge < -0.3 is 15.0 Å². The van der Waals surface area contributed by atoms with Crippen LogP contribution in [0.5, 0.6) is 5.75 Å². The lowest BCUT2D eigenvalue weighted by molar-refractivity contribution is -0.127. The fourth-order valence-corrected chi connectivity index (χ4v) is 6.81. The van der Waals surface area contributed by atoms with Gasteiger partial charge in [0.05, 0.1) is 22.8 Å². The number of nitrogens with zero attached hydrogens (tertiary/aromatic N) is 2. The van der Waals surface area contributed by atoms with Crippen LogP contribution in [-0.4, -0.2) is 46.0 Å². The Hall–Kier alpha value is -4.63. The standard InChI is InChI=1S/C32H29N3O5S/c36-31(33-19-17-23-9-3-1-4-10-23)30-22-34(28-13-7-8-14-29(28)40-30)32(37)25-15-16-27-24(21-25)18-20-35(27)41(38,39)26-11-5-2-6-12-26/h1-16,21,30H,17-20,22H2,(H,33,36). The highest BCUT2D eigenvalue weighted by molar-refractivity contribution is 7.92. The number of carbonyl (C=O) groups excluding carboxylic acids is 2. The van der Waals surface area contributed by atoms with Crippen molar-refractivity contribution in [2.75, 3.05) is 28.8 Å². The molecule has 6 rings (SSSR count). The molecule has 1 atom stereocenters. The molecule has 0 saturated heterocycles. The van der Waals surface area contributed by atoms with Gasteiger partial charge in [0.15, 0.2) is 6.10 Å². The van der Waals surface area contributed by atoms with Gasteiger partial charge in [-0.2, -0.15) is 0 Å². The third-order valence-corrected chi connectivity index (χ3v) is 9.20. The number of anilines is 2. The average molecular weight is 568 g/mol. The highest BCUT2D eigenvalue weighted by Gasteiger charge is 2.35. The maximum Gasteiger partial charge on any atom is 0.264 e. The van der Waals surface area contributed by atoms with Crippen LogP contribution < -0.4 is 19.3 Å². The van der Waals surface area contributed by atoms with Crippen molar-refractivity contribution in [2.24, 2.45) is 0 Å². The quantitative estimate of drug-likeness (QED) is 0.361. The molecule has 8 nitrogen and oxygen atoms in total. The number of rotatable bonds is 7. The normalized spacial score (nSPS) is 16.0. The summed E-state index contributed by atoms with van der Waals surface area (Å²) >= 11 is 0. The minimum absolute atomic E-state index is 0.0542. The summed E-state index contributed by atoms with van der Waals surface area (Å²) in [6.07, 6.45) is 0.310. The molecule has 0 radical (unpaired) electrons. The Morgan fingerprint density at radius 2 is 1.56 bits per heavy atom. The van der Waals surface area contributed by atoms with Crippen LogP contribution in [0.15, 0.2) is 108 Å². The smallest absolute Gasteiger partial charge is 0.264 e. The summed E-state index contributed by atoms with van der Waals surface area (Å²) in [6, 6.07) is 30.4. The number of fused-ring (bicyclic) bond motifs is 2. The molecule has 2 heterocycles. The van der Waals surface area contributed by atoms with Crippen molar-refractivity contribution in [3.8, 4) is 5.75 Å². The number of carbonyl (C=O) groups is 2. The molecule has 2 aliphatic rings. The highest BCUT2D eigenvalue weighted by atomic mass is 32.2. The molecule has 0 fully saturated rings. The summed E-state index contributed by atoms with van der Waals surface area (Å²) in [5.74, 6) is -0.115. The molecule has 0 aliphatic carbocycles. The topological polar surface area (TPSA) is 96.0 Å². The third kappa shape index (κ3) is 5.28. The number of para-hydroxylation sites is 2. The van der Waals surface area contributed by atoms with Gasteiger partial charge in [-0.25, -0.2) is 8.42 Å². The van der Waals surface area contributed by atoms with Crippen LogP contribution in [0.25, 0.3) is 0 Å². The van der Waals surface area contributed by atoms with Crippen molar-refractivity contribution in [1.29, 1.82) is 0 Å². The van der Waals surface area contributed by atoms with Crippen molar-refractivity contribution >= 4 is 33.2 Å². The van der Waals surface area contributed by atoms with E-state index in [4.69, 9.17) is 4.74 Å². The van der Waals surface area contributed by atoms with Crippen LogP contribution in [0, 0.1) is 0 Å². The lowest BCUT2D eigenvalue weighted by Crippen LogP contribution is -2.51. The van der Waals surface area contributed by atoms with E-state index in [2.05, 4.69) is 5.32 Å². The van der Waals surface area contributed by atoms with Gasteiger partial charge in [0.2, 0.25) is 0 Å². The summed E-state index contributed by atoms with van der Waals surface area (Å²) in [4.78, 5) is 28.7. The largest absolute Gasteiger partial charge is 0.477 e. The molecule has 0 spiro atoms. The van der Waals surface area contributed by atoms with Crippen LogP contribution in [0.4, 0.5) is 11.4 Å². The zero-order valence-corrected chi connectivity index (χ0v) is 23.1. The Kier molecular flexibility index (Phi) is 7.19. The van der Waals surface area contributed by atoms with E-state index in [1.54, 1.807) is 71.6 Å². The second-order valence-corrected chi connectivity index (χ2v) is 11.9. The van der Waals surface area contributed by atoms with E-state index in [-0.39, 0.29) is 23.3 Å². The van der Waals surface area contributed by atoms with Gasteiger partial charge in [-0.15, -0.1) is 0 Å². The molecule has 4 aromatic rings. The molecular weight excluding hydrogens is 538 g/mol. The van der Waals surface area contributed by atoms with Gasteiger partial charge in [0, 0.05) is 18.7 Å². The summed E-state index contributed by atoms with van der Waals surface area (Å²) in [5, 5.41) is 2.93.